The molecule has 0 bridgehead atoms. The van der Waals surface area contributed by atoms with E-state index < -0.39 is 8.80 Å². The summed E-state index contributed by atoms with van der Waals surface area (Å²) in [7, 11) is -3.13. The van der Waals surface area contributed by atoms with E-state index in [9.17, 15) is 4.80 Å². The molecule has 1 saturated heterocycles. The van der Waals surface area contributed by atoms with E-state index >= 15 is 0 Å². The third-order valence-corrected chi connectivity index (χ3v) is 5.15. The molecule has 0 aromatic carbocycles. The average molecular weight is 266 g/mol. The van der Waals surface area contributed by atoms with Crippen molar-refractivity contribution in [2.45, 2.75) is 25.5 Å². The van der Waals surface area contributed by atoms with Gasteiger partial charge in [-0.1, -0.05) is 13.8 Å². The van der Waals surface area contributed by atoms with E-state index in [4.69, 9.17) is 23.4 Å². The Bertz CT molecular complexity index is 215. The maximum Gasteiger partial charge on any atom is 0.501 e. The molecule has 1 aliphatic rings. The van der Waals surface area contributed by atoms with Gasteiger partial charge in [0.25, 0.3) is 0 Å². The average Bonchev–Trinajstić information content (AvgIpc) is 2.39. The zero-order chi connectivity index (χ0) is 12.7. The first-order valence-electron chi connectivity index (χ1n) is 5.89. The molecule has 0 saturated carbocycles. The van der Waals surface area contributed by atoms with Crippen molar-refractivity contribution in [1.29, 1.82) is 0 Å². The van der Waals surface area contributed by atoms with Crippen LogP contribution in [0.5, 0.6) is 0 Å². The Morgan fingerprint density at radius 2 is 2.06 bits per heavy atom. The van der Waals surface area contributed by atoms with Gasteiger partial charge in [-0.2, -0.15) is 0 Å². The third-order valence-electron chi connectivity index (χ3n) is 2.49. The van der Waals surface area contributed by atoms with Crippen LogP contribution in [0.15, 0.2) is 0 Å². The summed E-state index contributed by atoms with van der Waals surface area (Å²) < 4.78 is 21.6. The lowest BCUT2D eigenvalue weighted by molar-refractivity contribution is -0.0468. The van der Waals surface area contributed by atoms with E-state index in [2.05, 4.69) is 0 Å². The summed E-state index contributed by atoms with van der Waals surface area (Å²) in [6, 6.07) is 0. The first kappa shape index (κ1) is 15.0. The van der Waals surface area contributed by atoms with Crippen LogP contribution in [0.4, 0.5) is 0 Å². The first-order valence-corrected chi connectivity index (χ1v) is 7.73. The van der Waals surface area contributed by atoms with Crippen LogP contribution in [0.2, 0.25) is 5.54 Å². The van der Waals surface area contributed by atoms with Crippen molar-refractivity contribution in [2.24, 2.45) is 0 Å². The van der Waals surface area contributed by atoms with E-state index in [1.165, 1.54) is 0 Å². The fraction of sp³-hybridized carbons (Fsp3) is 1.00. The second-order valence-corrected chi connectivity index (χ2v) is 7.23. The summed E-state index contributed by atoms with van der Waals surface area (Å²) in [6.45, 7) is 5.27. The predicted molar refractivity (Wildman–Crippen MR) is 62.6 cm³/mol. The standard InChI is InChI=1S/C10H22O6Si/c1-9(2)17(12)15-6-5-13-7-10(8-16-17)14-4-3-11/h9-12H,3-8H2,1-2H3. The van der Waals surface area contributed by atoms with Crippen LogP contribution >= 0.6 is 0 Å². The summed E-state index contributed by atoms with van der Waals surface area (Å²) in [6.07, 6.45) is -0.276. The fourth-order valence-corrected chi connectivity index (χ4v) is 2.96. The highest BCUT2D eigenvalue weighted by atomic mass is 28.4. The number of aliphatic hydroxyl groups is 1. The second kappa shape index (κ2) is 7.42. The largest absolute Gasteiger partial charge is 0.501 e. The molecule has 102 valence electrons. The molecule has 0 radical (unpaired) electrons. The molecule has 17 heavy (non-hydrogen) atoms. The minimum Gasteiger partial charge on any atom is -0.394 e. The van der Waals surface area contributed by atoms with Crippen LogP contribution in [0.3, 0.4) is 0 Å². The quantitative estimate of drug-likeness (QED) is 0.684. The van der Waals surface area contributed by atoms with Gasteiger partial charge in [0.05, 0.1) is 39.6 Å². The van der Waals surface area contributed by atoms with Gasteiger partial charge in [0, 0.05) is 5.54 Å². The van der Waals surface area contributed by atoms with E-state index in [0.29, 0.717) is 19.8 Å². The molecule has 1 rings (SSSR count). The van der Waals surface area contributed by atoms with E-state index in [1.54, 1.807) is 0 Å². The molecule has 0 amide bonds. The van der Waals surface area contributed by atoms with E-state index in [0.717, 1.165) is 0 Å². The van der Waals surface area contributed by atoms with Crippen molar-refractivity contribution in [3.63, 3.8) is 0 Å². The van der Waals surface area contributed by atoms with Crippen LogP contribution in [-0.4, -0.2) is 64.5 Å². The smallest absolute Gasteiger partial charge is 0.394 e. The topological polar surface area (TPSA) is 77.4 Å². The Morgan fingerprint density at radius 1 is 1.29 bits per heavy atom. The number of hydrogen-bond acceptors (Lipinski definition) is 6. The monoisotopic (exact) mass is 266 g/mol. The molecule has 2 N–H and O–H groups in total. The second-order valence-electron chi connectivity index (χ2n) is 4.24. The van der Waals surface area contributed by atoms with E-state index in [1.807, 2.05) is 13.8 Å². The molecule has 2 unspecified atom stereocenters. The molecule has 0 aromatic heterocycles. The van der Waals surface area contributed by atoms with Crippen LogP contribution in [0.1, 0.15) is 13.8 Å². The van der Waals surface area contributed by atoms with Gasteiger partial charge in [0.1, 0.15) is 6.10 Å². The zero-order valence-electron chi connectivity index (χ0n) is 10.4. The molecule has 0 spiro atoms. The zero-order valence-corrected chi connectivity index (χ0v) is 11.4. The van der Waals surface area contributed by atoms with Crippen molar-refractivity contribution in [3.05, 3.63) is 0 Å². The first-order chi connectivity index (χ1) is 8.08. The van der Waals surface area contributed by atoms with Gasteiger partial charge in [-0.25, -0.2) is 0 Å². The molecule has 0 aromatic rings. The Balaban J connectivity index is 2.52. The molecule has 1 aliphatic heterocycles. The van der Waals surface area contributed by atoms with Crippen LogP contribution in [0.25, 0.3) is 0 Å². The lowest BCUT2D eigenvalue weighted by Crippen LogP contribution is -2.47. The van der Waals surface area contributed by atoms with Crippen molar-refractivity contribution < 1.29 is 28.2 Å². The summed E-state index contributed by atoms with van der Waals surface area (Å²) in [5.41, 5.74) is -0.0564. The SMILES string of the molecule is CC(C)[Si]1(O)OCCOCC(OCCO)CO1. The van der Waals surface area contributed by atoms with Gasteiger partial charge in [-0.15, -0.1) is 0 Å². The Kier molecular flexibility index (Phi) is 6.56. The fourth-order valence-electron chi connectivity index (χ4n) is 1.41. The highest BCUT2D eigenvalue weighted by molar-refractivity contribution is 6.60. The Morgan fingerprint density at radius 3 is 2.71 bits per heavy atom. The van der Waals surface area contributed by atoms with Gasteiger partial charge >= 0.3 is 8.80 Å². The van der Waals surface area contributed by atoms with Gasteiger partial charge in [0.15, 0.2) is 0 Å². The molecular weight excluding hydrogens is 244 g/mol. The van der Waals surface area contributed by atoms with Crippen molar-refractivity contribution in [1.82, 2.24) is 0 Å². The summed E-state index contributed by atoms with van der Waals surface area (Å²) in [5, 5.41) is 8.70. The van der Waals surface area contributed by atoms with Crippen LogP contribution < -0.4 is 0 Å². The number of rotatable bonds is 4. The minimum atomic E-state index is -3.13. The molecule has 1 heterocycles. The highest BCUT2D eigenvalue weighted by Gasteiger charge is 2.42. The lowest BCUT2D eigenvalue weighted by atomic mass is 10.4. The Labute approximate surface area is 103 Å². The van der Waals surface area contributed by atoms with Crippen molar-refractivity contribution in [2.75, 3.05) is 39.6 Å². The molecule has 6 nitrogen and oxygen atoms in total. The predicted octanol–water partition coefficient (Wildman–Crippen LogP) is -0.232. The summed E-state index contributed by atoms with van der Waals surface area (Å²) >= 11 is 0. The number of hydrogen-bond donors (Lipinski definition) is 2. The van der Waals surface area contributed by atoms with Crippen molar-refractivity contribution >= 4 is 8.80 Å². The molecule has 0 aliphatic carbocycles. The maximum atomic E-state index is 10.3. The van der Waals surface area contributed by atoms with Gasteiger partial charge < -0.3 is 28.2 Å². The van der Waals surface area contributed by atoms with Gasteiger partial charge in [0.2, 0.25) is 0 Å². The number of ether oxygens (including phenoxy) is 2. The van der Waals surface area contributed by atoms with Gasteiger partial charge in [-0.3, -0.25) is 0 Å². The minimum absolute atomic E-state index is 0.0428. The van der Waals surface area contributed by atoms with Crippen molar-refractivity contribution in [3.8, 4) is 0 Å². The van der Waals surface area contributed by atoms with E-state index in [-0.39, 0.29) is 31.5 Å². The lowest BCUT2D eigenvalue weighted by Gasteiger charge is -2.27. The maximum absolute atomic E-state index is 10.3. The normalized spacial score (nSPS) is 31.9. The van der Waals surface area contributed by atoms with Gasteiger partial charge in [-0.05, 0) is 0 Å². The number of aliphatic hydroxyl groups excluding tert-OH is 1. The summed E-state index contributed by atoms with van der Waals surface area (Å²) in [5.74, 6) is 0. The summed E-state index contributed by atoms with van der Waals surface area (Å²) in [4.78, 5) is 10.3. The third kappa shape index (κ3) is 5.00. The van der Waals surface area contributed by atoms with Crippen LogP contribution in [-0.2, 0) is 18.3 Å². The highest BCUT2D eigenvalue weighted by Crippen LogP contribution is 2.21. The Hall–Kier alpha value is -0.0231. The van der Waals surface area contributed by atoms with Crippen LogP contribution in [0, 0.1) is 0 Å². The molecule has 7 heteroatoms. The molecular formula is C10H22O6Si. The molecule has 2 atom stereocenters. The molecule has 1 fully saturated rings.